The molecule has 1 saturated heterocycles. The normalized spacial score (nSPS) is 16.6. The van der Waals surface area contributed by atoms with Crippen LogP contribution in [0.25, 0.3) is 0 Å². The lowest BCUT2D eigenvalue weighted by Gasteiger charge is -2.36. The van der Waals surface area contributed by atoms with Crippen LogP contribution in [0.5, 0.6) is 0 Å². The Morgan fingerprint density at radius 1 is 1.15 bits per heavy atom. The molecular formula is C20H22ClN5O. The Bertz CT molecular complexity index is 868. The molecule has 1 N–H and O–H groups in total. The van der Waals surface area contributed by atoms with Gasteiger partial charge in [-0.2, -0.15) is 5.10 Å². The van der Waals surface area contributed by atoms with Gasteiger partial charge in [-0.3, -0.25) is 14.5 Å². The van der Waals surface area contributed by atoms with Crippen LogP contribution < -0.4 is 5.32 Å². The fourth-order valence-electron chi connectivity index (χ4n) is 3.32. The van der Waals surface area contributed by atoms with Crippen molar-refractivity contribution in [2.75, 3.05) is 19.6 Å². The number of nitrogens with one attached hydrogen (secondary N) is 1. The minimum Gasteiger partial charge on any atom is -0.329 e. The van der Waals surface area contributed by atoms with Gasteiger partial charge < -0.3 is 10.2 Å². The number of pyridine rings is 1. The van der Waals surface area contributed by atoms with Crippen LogP contribution in [0.15, 0.2) is 67.3 Å². The molecule has 1 amide bonds. The van der Waals surface area contributed by atoms with Crippen LogP contribution in [-0.4, -0.2) is 45.2 Å². The van der Waals surface area contributed by atoms with E-state index in [9.17, 15) is 4.79 Å². The van der Waals surface area contributed by atoms with Gasteiger partial charge >= 0.3 is 0 Å². The highest BCUT2D eigenvalue weighted by molar-refractivity contribution is 5.94. The monoisotopic (exact) mass is 383 g/mol. The number of hydrogen-bond donors (Lipinski definition) is 1. The van der Waals surface area contributed by atoms with Gasteiger partial charge in [-0.15, -0.1) is 12.4 Å². The number of piperazine rings is 1. The van der Waals surface area contributed by atoms with E-state index in [2.05, 4.69) is 27.5 Å². The Morgan fingerprint density at radius 2 is 2.00 bits per heavy atom. The van der Waals surface area contributed by atoms with Crippen LogP contribution in [0.1, 0.15) is 27.5 Å². The first-order valence-corrected chi connectivity index (χ1v) is 8.79. The lowest BCUT2D eigenvalue weighted by molar-refractivity contribution is 0.0634. The maximum Gasteiger partial charge on any atom is 0.257 e. The van der Waals surface area contributed by atoms with Crippen molar-refractivity contribution in [3.05, 3.63) is 83.9 Å². The Morgan fingerprint density at radius 3 is 2.78 bits per heavy atom. The van der Waals surface area contributed by atoms with Gasteiger partial charge in [0, 0.05) is 38.2 Å². The van der Waals surface area contributed by atoms with Crippen molar-refractivity contribution in [3.63, 3.8) is 0 Å². The van der Waals surface area contributed by atoms with Crippen LogP contribution in [0.3, 0.4) is 0 Å². The van der Waals surface area contributed by atoms with Crippen LogP contribution >= 0.6 is 12.4 Å². The summed E-state index contributed by atoms with van der Waals surface area (Å²) in [5.74, 6) is 0.0136. The van der Waals surface area contributed by atoms with E-state index in [1.165, 1.54) is 0 Å². The zero-order valence-corrected chi connectivity index (χ0v) is 15.7. The maximum atomic E-state index is 13.1. The minimum atomic E-state index is -0.0116. The van der Waals surface area contributed by atoms with E-state index in [1.54, 1.807) is 12.4 Å². The topological polar surface area (TPSA) is 63.1 Å². The Hall–Kier alpha value is -2.70. The molecule has 1 atom stereocenters. The third kappa shape index (κ3) is 4.35. The van der Waals surface area contributed by atoms with Gasteiger partial charge in [0.1, 0.15) is 0 Å². The van der Waals surface area contributed by atoms with Crippen LogP contribution in [-0.2, 0) is 6.54 Å². The molecule has 0 saturated carbocycles. The molecule has 2 aromatic heterocycles. The van der Waals surface area contributed by atoms with Crippen molar-refractivity contribution < 1.29 is 4.79 Å². The number of hydrogen-bond acceptors (Lipinski definition) is 4. The quantitative estimate of drug-likeness (QED) is 0.752. The van der Waals surface area contributed by atoms with E-state index >= 15 is 0 Å². The van der Waals surface area contributed by atoms with Gasteiger partial charge in [0.15, 0.2) is 0 Å². The van der Waals surface area contributed by atoms with Crippen LogP contribution in [0, 0.1) is 0 Å². The zero-order chi connectivity index (χ0) is 17.8. The van der Waals surface area contributed by atoms with Crippen LogP contribution in [0.4, 0.5) is 0 Å². The van der Waals surface area contributed by atoms with Crippen LogP contribution in [0.2, 0.25) is 0 Å². The largest absolute Gasteiger partial charge is 0.329 e. The summed E-state index contributed by atoms with van der Waals surface area (Å²) in [7, 11) is 0. The molecule has 7 heteroatoms. The molecule has 1 aliphatic heterocycles. The van der Waals surface area contributed by atoms with Gasteiger partial charge in [-0.05, 0) is 17.2 Å². The molecule has 0 radical (unpaired) electrons. The predicted molar refractivity (Wildman–Crippen MR) is 106 cm³/mol. The molecule has 0 spiro atoms. The molecule has 4 rings (SSSR count). The first-order chi connectivity index (χ1) is 12.8. The highest BCUT2D eigenvalue weighted by Gasteiger charge is 2.29. The molecule has 1 fully saturated rings. The smallest absolute Gasteiger partial charge is 0.257 e. The van der Waals surface area contributed by atoms with Gasteiger partial charge in [0.25, 0.3) is 5.91 Å². The predicted octanol–water partition coefficient (Wildman–Crippen LogP) is 2.53. The van der Waals surface area contributed by atoms with Crippen molar-refractivity contribution in [2.24, 2.45) is 0 Å². The number of rotatable bonds is 4. The number of halogens is 1. The maximum absolute atomic E-state index is 13.1. The van der Waals surface area contributed by atoms with E-state index in [0.29, 0.717) is 18.7 Å². The summed E-state index contributed by atoms with van der Waals surface area (Å²) < 4.78 is 1.81. The summed E-state index contributed by atoms with van der Waals surface area (Å²) in [5.41, 5.74) is 2.83. The lowest BCUT2D eigenvalue weighted by Crippen LogP contribution is -2.48. The molecule has 3 aromatic rings. The first kappa shape index (κ1) is 19.1. The standard InChI is InChI=1S/C20H21N5O.ClH/c26-20(18-12-23-24(15-18)14-16-5-2-1-3-6-16)25-10-9-22-13-19(25)17-7-4-8-21-11-17;/h1-8,11-12,15,19,22H,9-10,13-14H2;1H. The van der Waals surface area contributed by atoms with Gasteiger partial charge in [0.05, 0.1) is 24.3 Å². The molecule has 3 heterocycles. The molecule has 0 bridgehead atoms. The molecule has 6 nitrogen and oxygen atoms in total. The molecule has 1 unspecified atom stereocenters. The second-order valence-electron chi connectivity index (χ2n) is 6.42. The summed E-state index contributed by atoms with van der Waals surface area (Å²) in [5, 5.41) is 7.73. The van der Waals surface area contributed by atoms with E-state index in [-0.39, 0.29) is 24.4 Å². The molecular weight excluding hydrogens is 362 g/mol. The lowest BCUT2D eigenvalue weighted by atomic mass is 10.0. The number of amides is 1. The average Bonchev–Trinajstić information content (AvgIpc) is 3.17. The highest BCUT2D eigenvalue weighted by atomic mass is 35.5. The molecule has 1 aromatic carbocycles. The third-order valence-electron chi connectivity index (χ3n) is 4.64. The number of aromatic nitrogens is 3. The third-order valence-corrected chi connectivity index (χ3v) is 4.64. The molecule has 27 heavy (non-hydrogen) atoms. The van der Waals surface area contributed by atoms with E-state index in [0.717, 1.165) is 24.2 Å². The van der Waals surface area contributed by atoms with Gasteiger partial charge in [0.2, 0.25) is 0 Å². The summed E-state index contributed by atoms with van der Waals surface area (Å²) >= 11 is 0. The van der Waals surface area contributed by atoms with Crippen molar-refractivity contribution in [1.82, 2.24) is 25.0 Å². The van der Waals surface area contributed by atoms with Gasteiger partial charge in [-0.25, -0.2) is 0 Å². The summed E-state index contributed by atoms with van der Waals surface area (Å²) in [6, 6.07) is 14.0. The van der Waals surface area contributed by atoms with Crippen molar-refractivity contribution in [3.8, 4) is 0 Å². The second-order valence-corrected chi connectivity index (χ2v) is 6.42. The fourth-order valence-corrected chi connectivity index (χ4v) is 3.32. The van der Waals surface area contributed by atoms with Crippen molar-refractivity contribution >= 4 is 18.3 Å². The Balaban J connectivity index is 0.00000210. The van der Waals surface area contributed by atoms with Crippen molar-refractivity contribution in [1.29, 1.82) is 0 Å². The average molecular weight is 384 g/mol. The molecule has 140 valence electrons. The Kier molecular flexibility index (Phi) is 6.21. The Labute approximate surface area is 164 Å². The zero-order valence-electron chi connectivity index (χ0n) is 14.9. The number of carbonyl (C=O) groups is 1. The minimum absolute atomic E-state index is 0. The number of carbonyl (C=O) groups excluding carboxylic acids is 1. The first-order valence-electron chi connectivity index (χ1n) is 8.79. The van der Waals surface area contributed by atoms with Crippen molar-refractivity contribution in [2.45, 2.75) is 12.6 Å². The molecule has 1 aliphatic rings. The van der Waals surface area contributed by atoms with E-state index in [1.807, 2.05) is 52.3 Å². The highest BCUT2D eigenvalue weighted by Crippen LogP contribution is 2.23. The SMILES string of the molecule is Cl.O=C(c1cnn(Cc2ccccc2)c1)N1CCNCC1c1cccnc1. The summed E-state index contributed by atoms with van der Waals surface area (Å²) in [6.45, 7) is 2.85. The van der Waals surface area contributed by atoms with E-state index in [4.69, 9.17) is 0 Å². The molecule has 0 aliphatic carbocycles. The summed E-state index contributed by atoms with van der Waals surface area (Å²) in [6.07, 6.45) is 7.07. The second kappa shape index (κ2) is 8.79. The number of benzene rings is 1. The van der Waals surface area contributed by atoms with Gasteiger partial charge in [-0.1, -0.05) is 36.4 Å². The summed E-state index contributed by atoms with van der Waals surface area (Å²) in [4.78, 5) is 19.2. The van der Waals surface area contributed by atoms with E-state index < -0.39 is 0 Å². The fraction of sp³-hybridized carbons (Fsp3) is 0.250. The number of nitrogens with zero attached hydrogens (tertiary/aromatic N) is 4.